The molecule has 3 saturated heterocycles. The maximum atomic E-state index is 12.5. The maximum absolute atomic E-state index is 12.5. The van der Waals surface area contributed by atoms with Gasteiger partial charge in [-0.1, -0.05) is 0 Å². The number of hydrogen-bond donors (Lipinski definition) is 3. The van der Waals surface area contributed by atoms with E-state index < -0.39 is 0 Å². The zero-order valence-electron chi connectivity index (χ0n) is 15.6. The van der Waals surface area contributed by atoms with Gasteiger partial charge >= 0.3 is 0 Å². The molecule has 3 heterocycles. The third-order valence-corrected chi connectivity index (χ3v) is 5.13. The fraction of sp³-hybridized carbons (Fsp3) is 0.579. The lowest BCUT2D eigenvalue weighted by atomic mass is 10.0. The number of anilines is 2. The van der Waals surface area contributed by atoms with Gasteiger partial charge in [0.15, 0.2) is 0 Å². The van der Waals surface area contributed by atoms with Crippen LogP contribution >= 0.6 is 0 Å². The Morgan fingerprint density at radius 1 is 1.19 bits per heavy atom. The van der Waals surface area contributed by atoms with Crippen molar-refractivity contribution in [1.29, 1.82) is 0 Å². The number of nitrogens with zero attached hydrogens (tertiary/aromatic N) is 2. The number of fused-ring (bicyclic) bond motifs is 4. The van der Waals surface area contributed by atoms with Gasteiger partial charge < -0.3 is 26.2 Å². The molecular weight excluding hydrogens is 330 g/mol. The standard InChI is InChI=1S/C19H29N5O2/c1-13(2)22-18(25)12-21-19(26)16-11-15(3-4-17(16)20)24-10-9-23-7-5-14(24)6-8-23/h3-4,11,13-14H,5-10,12,20H2,1-2H3,(H,21,26)(H,22,25). The summed E-state index contributed by atoms with van der Waals surface area (Å²) < 4.78 is 0. The van der Waals surface area contributed by atoms with Gasteiger partial charge in [-0.3, -0.25) is 9.59 Å². The van der Waals surface area contributed by atoms with Gasteiger partial charge in [0.05, 0.1) is 12.1 Å². The number of rotatable bonds is 5. The topological polar surface area (TPSA) is 90.7 Å². The smallest absolute Gasteiger partial charge is 0.253 e. The molecule has 0 radical (unpaired) electrons. The van der Waals surface area contributed by atoms with Gasteiger partial charge in [0.2, 0.25) is 5.91 Å². The summed E-state index contributed by atoms with van der Waals surface area (Å²) in [5, 5.41) is 5.42. The molecule has 0 unspecified atom stereocenters. The minimum atomic E-state index is -0.314. The van der Waals surface area contributed by atoms with Crippen molar-refractivity contribution in [3.8, 4) is 0 Å². The van der Waals surface area contributed by atoms with Gasteiger partial charge in [-0.15, -0.1) is 0 Å². The van der Waals surface area contributed by atoms with Gasteiger partial charge in [0.1, 0.15) is 0 Å². The van der Waals surface area contributed by atoms with Gasteiger partial charge in [0, 0.05) is 49.6 Å². The first-order valence-corrected chi connectivity index (χ1v) is 9.40. The summed E-state index contributed by atoms with van der Waals surface area (Å²) in [6.07, 6.45) is 2.31. The molecule has 3 fully saturated rings. The van der Waals surface area contributed by atoms with Crippen LogP contribution in [0.25, 0.3) is 0 Å². The highest BCUT2D eigenvalue weighted by molar-refractivity contribution is 6.01. The zero-order chi connectivity index (χ0) is 18.7. The molecule has 7 heteroatoms. The minimum absolute atomic E-state index is 0.0433. The maximum Gasteiger partial charge on any atom is 0.253 e. The molecule has 142 valence electrons. The highest BCUT2D eigenvalue weighted by Crippen LogP contribution is 2.29. The summed E-state index contributed by atoms with van der Waals surface area (Å²) >= 11 is 0. The molecule has 0 saturated carbocycles. The van der Waals surface area contributed by atoms with Crippen molar-refractivity contribution in [2.75, 3.05) is 43.4 Å². The summed E-state index contributed by atoms with van der Waals surface area (Å²) in [6, 6.07) is 6.20. The number of benzene rings is 1. The fourth-order valence-electron chi connectivity index (χ4n) is 3.77. The molecule has 0 atom stereocenters. The monoisotopic (exact) mass is 359 g/mol. The molecule has 3 aliphatic heterocycles. The lowest BCUT2D eigenvalue weighted by Gasteiger charge is -2.33. The lowest BCUT2D eigenvalue weighted by molar-refractivity contribution is -0.120. The van der Waals surface area contributed by atoms with Crippen LogP contribution in [0.3, 0.4) is 0 Å². The normalized spacial score (nSPS) is 22.2. The molecule has 0 spiro atoms. The predicted octanol–water partition coefficient (Wildman–Crippen LogP) is 0.808. The Bertz CT molecular complexity index is 668. The molecule has 7 nitrogen and oxygen atoms in total. The fourth-order valence-corrected chi connectivity index (χ4v) is 3.77. The van der Waals surface area contributed by atoms with Crippen molar-refractivity contribution in [1.82, 2.24) is 15.5 Å². The van der Waals surface area contributed by atoms with Gasteiger partial charge in [0.25, 0.3) is 5.91 Å². The third kappa shape index (κ3) is 4.27. The second-order valence-corrected chi connectivity index (χ2v) is 7.44. The highest BCUT2D eigenvalue weighted by Gasteiger charge is 2.29. The quantitative estimate of drug-likeness (QED) is 0.677. The Hall–Kier alpha value is -2.28. The predicted molar refractivity (Wildman–Crippen MR) is 103 cm³/mol. The van der Waals surface area contributed by atoms with Crippen LogP contribution in [0.1, 0.15) is 37.0 Å². The largest absolute Gasteiger partial charge is 0.398 e. The van der Waals surface area contributed by atoms with E-state index in [4.69, 9.17) is 5.73 Å². The van der Waals surface area contributed by atoms with E-state index in [1.807, 2.05) is 26.0 Å². The number of carbonyl (C=O) groups is 2. The summed E-state index contributed by atoms with van der Waals surface area (Å²) in [4.78, 5) is 29.2. The number of nitrogens with two attached hydrogens (primary N) is 1. The van der Waals surface area contributed by atoms with Crippen LogP contribution < -0.4 is 21.3 Å². The highest BCUT2D eigenvalue weighted by atomic mass is 16.2. The molecule has 3 aliphatic rings. The molecule has 4 rings (SSSR count). The summed E-state index contributed by atoms with van der Waals surface area (Å²) in [7, 11) is 0. The van der Waals surface area contributed by atoms with Gasteiger partial charge in [-0.05, 0) is 44.9 Å². The van der Waals surface area contributed by atoms with Crippen LogP contribution in [0.15, 0.2) is 18.2 Å². The third-order valence-electron chi connectivity index (χ3n) is 5.13. The average Bonchev–Trinajstić information content (AvgIpc) is 2.93. The summed E-state index contributed by atoms with van der Waals surface area (Å²) in [6.45, 7) is 8.02. The number of piperidine rings is 1. The van der Waals surface area contributed by atoms with Crippen LogP contribution in [-0.2, 0) is 4.79 Å². The molecule has 4 N–H and O–H groups in total. The van der Waals surface area contributed by atoms with Crippen LogP contribution in [0.2, 0.25) is 0 Å². The van der Waals surface area contributed by atoms with E-state index in [-0.39, 0.29) is 24.4 Å². The van der Waals surface area contributed by atoms with Crippen LogP contribution in [-0.4, -0.2) is 61.5 Å². The Kier molecular flexibility index (Phi) is 5.66. The van der Waals surface area contributed by atoms with Crippen molar-refractivity contribution in [2.24, 2.45) is 0 Å². The Labute approximate surface area is 154 Å². The minimum Gasteiger partial charge on any atom is -0.398 e. The van der Waals surface area contributed by atoms with Crippen molar-refractivity contribution in [3.05, 3.63) is 23.8 Å². The number of amides is 2. The van der Waals surface area contributed by atoms with Crippen molar-refractivity contribution >= 4 is 23.2 Å². The molecule has 2 bridgehead atoms. The van der Waals surface area contributed by atoms with E-state index in [0.717, 1.165) is 44.7 Å². The Morgan fingerprint density at radius 2 is 1.92 bits per heavy atom. The molecular formula is C19H29N5O2. The first-order chi connectivity index (χ1) is 12.4. The number of nitrogen functional groups attached to an aromatic ring is 1. The molecule has 2 amide bonds. The first kappa shape index (κ1) is 18.5. The summed E-state index contributed by atoms with van der Waals surface area (Å²) in [5.41, 5.74) is 7.92. The molecule has 0 aromatic heterocycles. The van der Waals surface area contributed by atoms with Crippen molar-refractivity contribution in [2.45, 2.75) is 38.8 Å². The van der Waals surface area contributed by atoms with Crippen LogP contribution in [0.4, 0.5) is 11.4 Å². The van der Waals surface area contributed by atoms with E-state index in [9.17, 15) is 9.59 Å². The van der Waals surface area contributed by atoms with E-state index in [1.54, 1.807) is 6.07 Å². The second kappa shape index (κ2) is 7.95. The number of carbonyl (C=O) groups excluding carboxylic acids is 2. The van der Waals surface area contributed by atoms with Crippen molar-refractivity contribution < 1.29 is 9.59 Å². The lowest BCUT2D eigenvalue weighted by Crippen LogP contribution is -2.40. The first-order valence-electron chi connectivity index (χ1n) is 9.40. The van der Waals surface area contributed by atoms with Crippen LogP contribution in [0, 0.1) is 0 Å². The number of hydrogen-bond acceptors (Lipinski definition) is 5. The Balaban J connectivity index is 1.71. The molecule has 26 heavy (non-hydrogen) atoms. The van der Waals surface area contributed by atoms with E-state index in [0.29, 0.717) is 17.3 Å². The summed E-state index contributed by atoms with van der Waals surface area (Å²) in [5.74, 6) is -0.521. The van der Waals surface area contributed by atoms with E-state index in [2.05, 4.69) is 20.4 Å². The molecule has 1 aromatic rings. The van der Waals surface area contributed by atoms with Crippen LogP contribution in [0.5, 0.6) is 0 Å². The Morgan fingerprint density at radius 3 is 2.62 bits per heavy atom. The van der Waals surface area contributed by atoms with Gasteiger partial charge in [-0.25, -0.2) is 0 Å². The van der Waals surface area contributed by atoms with Crippen molar-refractivity contribution in [3.63, 3.8) is 0 Å². The molecule has 0 aliphatic carbocycles. The number of nitrogens with one attached hydrogen (secondary N) is 2. The van der Waals surface area contributed by atoms with E-state index >= 15 is 0 Å². The average molecular weight is 359 g/mol. The second-order valence-electron chi connectivity index (χ2n) is 7.44. The van der Waals surface area contributed by atoms with Gasteiger partial charge in [-0.2, -0.15) is 0 Å². The zero-order valence-corrected chi connectivity index (χ0v) is 15.6. The van der Waals surface area contributed by atoms with E-state index in [1.165, 1.54) is 0 Å². The SMILES string of the molecule is CC(C)NC(=O)CNC(=O)c1cc(N2CCN3CCC2CC3)ccc1N. The molecule has 1 aromatic carbocycles.